The van der Waals surface area contributed by atoms with Gasteiger partial charge < -0.3 is 15.0 Å². The van der Waals surface area contributed by atoms with Crippen molar-refractivity contribution >= 4 is 11.6 Å². The van der Waals surface area contributed by atoms with Crippen LogP contribution in [0.2, 0.25) is 0 Å². The van der Waals surface area contributed by atoms with Crippen molar-refractivity contribution in [2.24, 2.45) is 0 Å². The van der Waals surface area contributed by atoms with E-state index in [9.17, 15) is 4.79 Å². The number of aryl methyl sites for hydroxylation is 1. The van der Waals surface area contributed by atoms with Gasteiger partial charge in [-0.2, -0.15) is 0 Å². The van der Waals surface area contributed by atoms with Crippen molar-refractivity contribution in [3.63, 3.8) is 0 Å². The van der Waals surface area contributed by atoms with Crippen LogP contribution in [0.3, 0.4) is 0 Å². The summed E-state index contributed by atoms with van der Waals surface area (Å²) in [6.45, 7) is 6.68. The van der Waals surface area contributed by atoms with E-state index >= 15 is 0 Å². The molecule has 0 spiro atoms. The molecule has 0 aliphatic carbocycles. The Kier molecular flexibility index (Phi) is 4.33. The van der Waals surface area contributed by atoms with Crippen LogP contribution in [0.4, 0.5) is 5.69 Å². The van der Waals surface area contributed by atoms with E-state index in [0.717, 1.165) is 17.8 Å². The Balaban J connectivity index is 2.17. The normalized spacial score (nSPS) is 19.6. The van der Waals surface area contributed by atoms with Gasteiger partial charge in [-0.1, -0.05) is 18.2 Å². The summed E-state index contributed by atoms with van der Waals surface area (Å²) in [7, 11) is 0. The Bertz CT molecular complexity index is 414. The number of hydrogen-bond acceptors (Lipinski definition) is 3. The van der Waals surface area contributed by atoms with Crippen molar-refractivity contribution in [3.05, 3.63) is 29.8 Å². The van der Waals surface area contributed by atoms with Crippen LogP contribution in [-0.4, -0.2) is 38.3 Å². The number of para-hydroxylation sites is 1. The highest BCUT2D eigenvalue weighted by molar-refractivity contribution is 5.97. The molecule has 1 unspecified atom stereocenters. The van der Waals surface area contributed by atoms with Gasteiger partial charge in [0.2, 0.25) is 0 Å². The fourth-order valence-corrected chi connectivity index (χ4v) is 2.21. The molecule has 1 aromatic rings. The zero-order valence-electron chi connectivity index (χ0n) is 11.0. The molecule has 1 N–H and O–H groups in total. The van der Waals surface area contributed by atoms with Gasteiger partial charge in [0.25, 0.3) is 5.91 Å². The van der Waals surface area contributed by atoms with Gasteiger partial charge in [0.05, 0.1) is 6.61 Å². The lowest BCUT2D eigenvalue weighted by molar-refractivity contribution is -0.131. The molecule has 1 fully saturated rings. The van der Waals surface area contributed by atoms with E-state index in [0.29, 0.717) is 19.7 Å². The minimum atomic E-state index is -0.363. The van der Waals surface area contributed by atoms with Crippen LogP contribution in [0.15, 0.2) is 24.3 Å². The molecule has 1 aromatic carbocycles. The van der Waals surface area contributed by atoms with E-state index in [-0.39, 0.29) is 12.0 Å². The minimum Gasteiger partial charge on any atom is -0.366 e. The average molecular weight is 248 g/mol. The van der Waals surface area contributed by atoms with Crippen molar-refractivity contribution in [2.45, 2.75) is 20.0 Å². The van der Waals surface area contributed by atoms with Crippen molar-refractivity contribution in [3.8, 4) is 0 Å². The molecule has 0 aromatic heterocycles. The number of morpholine rings is 1. The molecule has 4 nitrogen and oxygen atoms in total. The van der Waals surface area contributed by atoms with Gasteiger partial charge in [-0.05, 0) is 25.5 Å². The Hall–Kier alpha value is -1.39. The average Bonchev–Trinajstić information content (AvgIpc) is 2.42. The molecule has 1 aliphatic heterocycles. The highest BCUT2D eigenvalue weighted by Crippen LogP contribution is 2.20. The van der Waals surface area contributed by atoms with E-state index in [1.807, 2.05) is 38.1 Å². The molecule has 1 aliphatic rings. The predicted octanol–water partition coefficient (Wildman–Crippen LogP) is 1.34. The van der Waals surface area contributed by atoms with E-state index in [1.54, 1.807) is 4.90 Å². The third-order valence-corrected chi connectivity index (χ3v) is 3.19. The lowest BCUT2D eigenvalue weighted by Crippen LogP contribution is -2.49. The van der Waals surface area contributed by atoms with Crippen molar-refractivity contribution in [2.75, 3.05) is 31.1 Å². The number of ether oxygens (including phenoxy) is 1. The summed E-state index contributed by atoms with van der Waals surface area (Å²) in [4.78, 5) is 14.2. The third-order valence-electron chi connectivity index (χ3n) is 3.19. The summed E-state index contributed by atoms with van der Waals surface area (Å²) in [5.74, 6) is 0.0407. The van der Waals surface area contributed by atoms with Crippen LogP contribution in [-0.2, 0) is 9.53 Å². The zero-order valence-corrected chi connectivity index (χ0v) is 11.0. The van der Waals surface area contributed by atoms with Crippen LogP contribution < -0.4 is 10.2 Å². The standard InChI is InChI=1S/C14H20N2O2/c1-3-16(12-7-5-4-6-11(12)2)14(17)13-10-15-8-9-18-13/h4-7,13,15H,3,8-10H2,1-2H3. The molecule has 4 heteroatoms. The van der Waals surface area contributed by atoms with Gasteiger partial charge in [0.1, 0.15) is 6.10 Å². The van der Waals surface area contributed by atoms with Gasteiger partial charge in [0, 0.05) is 25.3 Å². The molecular weight excluding hydrogens is 228 g/mol. The number of nitrogens with zero attached hydrogens (tertiary/aromatic N) is 1. The van der Waals surface area contributed by atoms with Crippen LogP contribution in [0.5, 0.6) is 0 Å². The second-order valence-electron chi connectivity index (χ2n) is 4.43. The monoisotopic (exact) mass is 248 g/mol. The van der Waals surface area contributed by atoms with Gasteiger partial charge in [-0.15, -0.1) is 0 Å². The van der Waals surface area contributed by atoms with E-state index in [2.05, 4.69) is 5.32 Å². The maximum Gasteiger partial charge on any atom is 0.257 e. The SMILES string of the molecule is CCN(C(=O)C1CNCCO1)c1ccccc1C. The Morgan fingerprint density at radius 2 is 2.28 bits per heavy atom. The fourth-order valence-electron chi connectivity index (χ4n) is 2.21. The first kappa shape index (κ1) is 13.1. The van der Waals surface area contributed by atoms with Crippen LogP contribution in [0.25, 0.3) is 0 Å². The van der Waals surface area contributed by atoms with Crippen LogP contribution >= 0.6 is 0 Å². The Labute approximate surface area is 108 Å². The number of hydrogen-bond donors (Lipinski definition) is 1. The summed E-state index contributed by atoms with van der Waals surface area (Å²) in [6.07, 6.45) is -0.363. The predicted molar refractivity (Wildman–Crippen MR) is 71.8 cm³/mol. The number of anilines is 1. The highest BCUT2D eigenvalue weighted by atomic mass is 16.5. The number of likely N-dealkylation sites (N-methyl/N-ethyl adjacent to an activating group) is 1. The largest absolute Gasteiger partial charge is 0.366 e. The fraction of sp³-hybridized carbons (Fsp3) is 0.500. The van der Waals surface area contributed by atoms with E-state index in [4.69, 9.17) is 4.74 Å². The number of rotatable bonds is 3. The van der Waals surface area contributed by atoms with Crippen molar-refractivity contribution in [1.29, 1.82) is 0 Å². The topological polar surface area (TPSA) is 41.6 Å². The number of carbonyl (C=O) groups excluding carboxylic acids is 1. The first-order chi connectivity index (χ1) is 8.74. The van der Waals surface area contributed by atoms with E-state index in [1.165, 1.54) is 0 Å². The van der Waals surface area contributed by atoms with Gasteiger partial charge in [0.15, 0.2) is 0 Å². The quantitative estimate of drug-likeness (QED) is 0.877. The molecular formula is C14H20N2O2. The number of carbonyl (C=O) groups is 1. The lowest BCUT2D eigenvalue weighted by atomic mass is 10.1. The van der Waals surface area contributed by atoms with Gasteiger partial charge in [-0.3, -0.25) is 4.79 Å². The van der Waals surface area contributed by atoms with Crippen LogP contribution in [0.1, 0.15) is 12.5 Å². The second-order valence-corrected chi connectivity index (χ2v) is 4.43. The zero-order chi connectivity index (χ0) is 13.0. The molecule has 1 heterocycles. The summed E-state index contributed by atoms with van der Waals surface area (Å²) in [5, 5.41) is 3.19. The molecule has 18 heavy (non-hydrogen) atoms. The summed E-state index contributed by atoms with van der Waals surface area (Å²) < 4.78 is 5.53. The molecule has 98 valence electrons. The summed E-state index contributed by atoms with van der Waals surface area (Å²) in [6, 6.07) is 7.94. The molecule has 1 amide bonds. The molecule has 0 saturated carbocycles. The maximum atomic E-state index is 12.4. The first-order valence-corrected chi connectivity index (χ1v) is 6.43. The molecule has 1 saturated heterocycles. The third kappa shape index (κ3) is 2.71. The number of amides is 1. The molecule has 0 bridgehead atoms. The van der Waals surface area contributed by atoms with E-state index < -0.39 is 0 Å². The summed E-state index contributed by atoms with van der Waals surface area (Å²) in [5.41, 5.74) is 2.08. The second kappa shape index (κ2) is 5.98. The minimum absolute atomic E-state index is 0.0407. The number of benzene rings is 1. The number of nitrogens with one attached hydrogen (secondary N) is 1. The van der Waals surface area contributed by atoms with Crippen LogP contribution in [0, 0.1) is 6.92 Å². The highest BCUT2D eigenvalue weighted by Gasteiger charge is 2.27. The molecule has 0 radical (unpaired) electrons. The smallest absolute Gasteiger partial charge is 0.257 e. The first-order valence-electron chi connectivity index (χ1n) is 6.43. The lowest BCUT2D eigenvalue weighted by Gasteiger charge is -2.30. The van der Waals surface area contributed by atoms with Crippen molar-refractivity contribution in [1.82, 2.24) is 5.32 Å². The molecule has 1 atom stereocenters. The Morgan fingerprint density at radius 1 is 1.50 bits per heavy atom. The summed E-state index contributed by atoms with van der Waals surface area (Å²) >= 11 is 0. The molecule has 2 rings (SSSR count). The van der Waals surface area contributed by atoms with Crippen molar-refractivity contribution < 1.29 is 9.53 Å². The van der Waals surface area contributed by atoms with Gasteiger partial charge >= 0.3 is 0 Å². The maximum absolute atomic E-state index is 12.4. The Morgan fingerprint density at radius 3 is 2.89 bits per heavy atom. The van der Waals surface area contributed by atoms with Gasteiger partial charge in [-0.25, -0.2) is 0 Å².